The minimum absolute atomic E-state index is 0.0171. The van der Waals surface area contributed by atoms with Gasteiger partial charge in [0.2, 0.25) is 5.91 Å². The highest BCUT2D eigenvalue weighted by Crippen LogP contribution is 2.43. The first-order valence-corrected chi connectivity index (χ1v) is 18.1. The number of hydrogen-bond acceptors (Lipinski definition) is 6. The Labute approximate surface area is 300 Å². The summed E-state index contributed by atoms with van der Waals surface area (Å²) in [5.41, 5.74) is 2.79. The van der Waals surface area contributed by atoms with Crippen LogP contribution in [0.3, 0.4) is 0 Å². The second-order valence-corrected chi connectivity index (χ2v) is 15.0. The van der Waals surface area contributed by atoms with Crippen molar-refractivity contribution in [1.29, 1.82) is 0 Å². The number of halogens is 2. The monoisotopic (exact) mass is 707 g/mol. The Balaban J connectivity index is 1.35. The summed E-state index contributed by atoms with van der Waals surface area (Å²) in [5.74, 6) is 1.43. The fourth-order valence-corrected chi connectivity index (χ4v) is 7.26. The molecule has 0 saturated carbocycles. The maximum atomic E-state index is 14.9. The van der Waals surface area contributed by atoms with Crippen molar-refractivity contribution in [2.45, 2.75) is 51.6 Å². The Bertz CT molecular complexity index is 1600. The largest absolute Gasteiger partial charge is 0.493 e. The average molecular weight is 709 g/mol. The first kappa shape index (κ1) is 35.5. The lowest BCUT2D eigenvalue weighted by atomic mass is 9.85. The van der Waals surface area contributed by atoms with Crippen LogP contribution in [0.25, 0.3) is 0 Å². The summed E-state index contributed by atoms with van der Waals surface area (Å²) in [6.45, 7) is 13.9. The van der Waals surface area contributed by atoms with Crippen LogP contribution in [0.1, 0.15) is 56.8 Å². The number of urea groups is 1. The molecule has 49 heavy (non-hydrogen) atoms. The summed E-state index contributed by atoms with van der Waals surface area (Å²) in [4.78, 5) is 41.1. The predicted octanol–water partition coefficient (Wildman–Crippen LogP) is 6.50. The van der Waals surface area contributed by atoms with Gasteiger partial charge in [0, 0.05) is 55.2 Å². The van der Waals surface area contributed by atoms with Crippen molar-refractivity contribution in [1.82, 2.24) is 19.6 Å². The predicted molar refractivity (Wildman–Crippen MR) is 195 cm³/mol. The van der Waals surface area contributed by atoms with Gasteiger partial charge in [0.15, 0.2) is 0 Å². The van der Waals surface area contributed by atoms with Crippen molar-refractivity contribution in [3.8, 4) is 5.75 Å². The molecule has 3 aliphatic heterocycles. The normalized spacial score (nSPS) is 23.4. The Kier molecular flexibility index (Phi) is 11.0. The van der Waals surface area contributed by atoms with Crippen molar-refractivity contribution in [3.63, 3.8) is 0 Å². The van der Waals surface area contributed by atoms with E-state index in [0.29, 0.717) is 93.7 Å². The summed E-state index contributed by atoms with van der Waals surface area (Å²) in [6, 6.07) is 13.2. The number of carbonyl (C=O) groups excluding carboxylic acids is 2. The van der Waals surface area contributed by atoms with E-state index < -0.39 is 6.04 Å². The van der Waals surface area contributed by atoms with Gasteiger partial charge in [0.05, 0.1) is 44.0 Å². The lowest BCUT2D eigenvalue weighted by Crippen LogP contribution is -2.56. The summed E-state index contributed by atoms with van der Waals surface area (Å²) in [5, 5.41) is 1.33. The fourth-order valence-electron chi connectivity index (χ4n) is 6.97. The first-order chi connectivity index (χ1) is 23.5. The van der Waals surface area contributed by atoms with Gasteiger partial charge in [-0.3, -0.25) is 19.6 Å². The maximum absolute atomic E-state index is 14.9. The van der Waals surface area contributed by atoms with Crippen LogP contribution in [-0.2, 0) is 14.9 Å². The van der Waals surface area contributed by atoms with Gasteiger partial charge in [-0.25, -0.2) is 4.79 Å². The van der Waals surface area contributed by atoms with E-state index in [9.17, 15) is 9.59 Å². The Morgan fingerprint density at radius 3 is 2.31 bits per heavy atom. The van der Waals surface area contributed by atoms with E-state index in [4.69, 9.17) is 37.7 Å². The number of hydrogen-bond donors (Lipinski definition) is 0. The van der Waals surface area contributed by atoms with Crippen LogP contribution < -0.4 is 4.74 Å². The van der Waals surface area contributed by atoms with E-state index in [1.165, 1.54) is 0 Å². The third kappa shape index (κ3) is 8.01. The average Bonchev–Trinajstić information content (AvgIpc) is 3.49. The van der Waals surface area contributed by atoms with Gasteiger partial charge in [-0.1, -0.05) is 74.3 Å². The molecule has 1 unspecified atom stereocenters. The molecular weight excluding hydrogens is 661 g/mol. The quantitative estimate of drug-likeness (QED) is 0.328. The number of rotatable bonds is 7. The minimum atomic E-state index is -0.391. The maximum Gasteiger partial charge on any atom is 0.326 e. The summed E-state index contributed by atoms with van der Waals surface area (Å²) < 4.78 is 11.7. The smallest absolute Gasteiger partial charge is 0.326 e. The number of amidine groups is 1. The van der Waals surface area contributed by atoms with Gasteiger partial charge in [-0.15, -0.1) is 0 Å². The topological polar surface area (TPSA) is 77.9 Å². The minimum Gasteiger partial charge on any atom is -0.493 e. The number of amides is 3. The van der Waals surface area contributed by atoms with Gasteiger partial charge in [-0.05, 0) is 60.2 Å². The number of aliphatic imine (C=N–C) groups is 1. The molecule has 262 valence electrons. The highest BCUT2D eigenvalue weighted by molar-refractivity contribution is 6.31. The zero-order valence-electron chi connectivity index (χ0n) is 28.9. The molecule has 0 bridgehead atoms. The van der Waals surface area contributed by atoms with E-state index in [2.05, 4.69) is 49.9 Å². The van der Waals surface area contributed by atoms with Gasteiger partial charge in [0.25, 0.3) is 0 Å². The lowest BCUT2D eigenvalue weighted by molar-refractivity contribution is -0.136. The zero-order valence-corrected chi connectivity index (χ0v) is 30.4. The third-order valence-electron chi connectivity index (χ3n) is 9.80. The molecule has 6 rings (SSSR count). The molecule has 11 heteroatoms. The number of nitrogens with zero attached hydrogens (tertiary/aromatic N) is 5. The van der Waals surface area contributed by atoms with Gasteiger partial charge in [-0.2, -0.15) is 0 Å². The number of piperazine rings is 1. The van der Waals surface area contributed by atoms with E-state index in [-0.39, 0.29) is 29.3 Å². The SMILES string of the molecule is CCOc1cc(C(C)(C)C)ccc1C1=N[C@@H](C2C=CC(Cl)=CC2)[C@@H](c2ccc(Cl)cc2)N1C(=O)N1CCN(CC(=O)N2CCOCC2)CC1. The van der Waals surface area contributed by atoms with Crippen molar-refractivity contribution in [2.24, 2.45) is 10.9 Å². The Hall–Kier alpha value is -3.37. The Morgan fingerprint density at radius 2 is 1.67 bits per heavy atom. The van der Waals surface area contributed by atoms with Crippen LogP contribution in [-0.4, -0.2) is 109 Å². The highest BCUT2D eigenvalue weighted by atomic mass is 35.5. The molecular formula is C38H47Cl2N5O4. The van der Waals surface area contributed by atoms with Crippen molar-refractivity contribution < 1.29 is 19.1 Å². The van der Waals surface area contributed by atoms with Crippen molar-refractivity contribution >= 4 is 41.0 Å². The molecule has 0 N–H and O–H groups in total. The molecule has 2 aromatic rings. The molecule has 3 heterocycles. The standard InChI is InChI=1S/C38H47Cl2N5O4/c1-5-49-32-24-28(38(2,3)4)10-15-31(32)36-41-34(26-6-11-29(39)12-7-26)35(27-8-13-30(40)14-9-27)45(36)37(47)44-18-16-42(17-19-44)25-33(46)43-20-22-48-23-21-43/h6,8-15,24,26,34-35H,5,7,16-23,25H2,1-4H3/t26?,34-,35+/m0/s1. The van der Waals surface area contributed by atoms with Gasteiger partial charge >= 0.3 is 6.03 Å². The van der Waals surface area contributed by atoms with Crippen molar-refractivity contribution in [2.75, 3.05) is 65.6 Å². The van der Waals surface area contributed by atoms with Crippen LogP contribution in [0, 0.1) is 5.92 Å². The van der Waals surface area contributed by atoms with Gasteiger partial charge < -0.3 is 19.3 Å². The number of carbonyl (C=O) groups is 2. The Morgan fingerprint density at radius 1 is 0.959 bits per heavy atom. The van der Waals surface area contributed by atoms with Crippen LogP contribution in [0.15, 0.2) is 70.7 Å². The lowest BCUT2D eigenvalue weighted by Gasteiger charge is -2.40. The molecule has 0 spiro atoms. The third-order valence-corrected chi connectivity index (χ3v) is 10.3. The molecule has 0 aromatic heterocycles. The molecule has 3 amide bonds. The molecule has 4 aliphatic rings. The number of ether oxygens (including phenoxy) is 2. The molecule has 2 aromatic carbocycles. The molecule has 1 aliphatic carbocycles. The van der Waals surface area contributed by atoms with Crippen LogP contribution >= 0.6 is 23.2 Å². The molecule has 9 nitrogen and oxygen atoms in total. The summed E-state index contributed by atoms with van der Waals surface area (Å²) in [7, 11) is 0. The molecule has 2 saturated heterocycles. The van der Waals surface area contributed by atoms with Crippen LogP contribution in [0.4, 0.5) is 4.79 Å². The van der Waals surface area contributed by atoms with E-state index in [1.54, 1.807) is 0 Å². The number of benzene rings is 2. The first-order valence-electron chi connectivity index (χ1n) is 17.3. The van der Waals surface area contributed by atoms with E-state index in [0.717, 1.165) is 16.7 Å². The second kappa shape index (κ2) is 15.3. The zero-order chi connectivity index (χ0) is 34.7. The summed E-state index contributed by atoms with van der Waals surface area (Å²) >= 11 is 12.7. The molecule has 0 radical (unpaired) electrons. The van der Waals surface area contributed by atoms with Crippen LogP contribution in [0.5, 0.6) is 5.75 Å². The molecule has 3 atom stereocenters. The highest BCUT2D eigenvalue weighted by Gasteiger charge is 2.46. The number of allylic oxidation sites excluding steroid dienone is 3. The molecule has 2 fully saturated rings. The van der Waals surface area contributed by atoms with Crippen LogP contribution in [0.2, 0.25) is 5.02 Å². The summed E-state index contributed by atoms with van der Waals surface area (Å²) in [6.07, 6.45) is 6.77. The van der Waals surface area contributed by atoms with Gasteiger partial charge in [0.1, 0.15) is 11.6 Å². The van der Waals surface area contributed by atoms with Crippen molar-refractivity contribution in [3.05, 3.63) is 87.4 Å². The van der Waals surface area contributed by atoms with E-state index >= 15 is 0 Å². The second-order valence-electron chi connectivity index (χ2n) is 14.1. The fraction of sp³-hybridized carbons (Fsp3) is 0.500. The van der Waals surface area contributed by atoms with E-state index in [1.807, 2.05) is 58.0 Å². The number of morpholine rings is 1.